The molecule has 0 aromatic rings. The Labute approximate surface area is 741 Å². The Morgan fingerprint density at radius 2 is 0.667 bits per heavy atom. The van der Waals surface area contributed by atoms with Gasteiger partial charge in [-0.05, 0) is 58.8 Å². The fourth-order valence-corrected chi connectivity index (χ4v) is 17.1. The van der Waals surface area contributed by atoms with E-state index in [4.69, 9.17) is 66.3 Å². The molecule has 0 aromatic heterocycles. The van der Waals surface area contributed by atoms with Crippen LogP contribution in [0.4, 0.5) is 0 Å². The first-order valence-corrected chi connectivity index (χ1v) is 46.9. The van der Waals surface area contributed by atoms with Gasteiger partial charge in [0, 0.05) is 13.3 Å². The second-order valence-electron chi connectivity index (χ2n) is 35.2. The molecule has 22 N–H and O–H groups in total. The quantitative estimate of drug-likeness (QED) is 0.0286. The van der Waals surface area contributed by atoms with Gasteiger partial charge in [-0.3, -0.25) is 9.59 Å². The summed E-state index contributed by atoms with van der Waals surface area (Å²) < 4.78 is 85.6. The number of unbranched alkanes of at least 4 members (excludes halogenated alkanes) is 30. The molecule has 7 aliphatic heterocycles. The maximum Gasteiger partial charge on any atom is 0.220 e. The third kappa shape index (κ3) is 33.6. The fraction of sp³-hybridized carbons (Fsp3) is 0.932. The summed E-state index contributed by atoms with van der Waals surface area (Å²) in [6.45, 7) is 2.10. The number of ether oxygens (including phenoxy) is 14. The Morgan fingerprint density at radius 1 is 0.325 bits per heavy atom. The van der Waals surface area contributed by atoms with Crippen LogP contribution in [-0.4, -0.2) is 381 Å². The summed E-state index contributed by atoms with van der Waals surface area (Å²) in [4.78, 5) is 27.5. The zero-order valence-electron chi connectivity index (χ0n) is 74.4. The van der Waals surface area contributed by atoms with Crippen LogP contribution in [0.25, 0.3) is 0 Å². The standard InChI is InChI=1S/C88H158N2O36/c1-6-8-10-12-14-16-18-20-21-22-23-24-25-26-27-28-29-31-33-35-37-39-41-43-60(98)90-53(54(97)42-40-38-36-34-32-30-19-17-15-13-11-9-7-2)49-113-83-74(111)70(107)76(58(47-94)120-83)121-87-75(112)79(65(102)56(45-92)117-87)124-82-61(89-52(5)96)78(77(59(48-95)119-82)122-84-71(108)67(104)62(99)50(3)114-84)123-88-81(126-85-72(109)68(105)63(100)51(4)115-85)80(66(103)57(46-93)118-88)125-86-73(110)69(106)64(101)55(44-91)116-86/h20-21,40,42,50-51,53-59,61-88,91-95,97,99-112H,6-19,22-39,41,43-49H2,1-5H3,(H,89,96)(H,90,98)/b21-20-,42-40+/t50?,51?,53-,54+,55?,56?,57?,58?,59?,61?,62+,63+,64-,65-,66-,67?,68?,69-,70+,71-,72-,73?,74?,75?,76+,77+,78+,79-,80-,81?,82-,83+,84+,85+,86+,87-,88-/m0/s1. The lowest BCUT2D eigenvalue weighted by molar-refractivity contribution is -0.411. The van der Waals surface area contributed by atoms with Crippen LogP contribution in [0.1, 0.15) is 253 Å². The Kier molecular flexibility index (Phi) is 51.6. The molecule has 0 radical (unpaired) electrons. The lowest BCUT2D eigenvalue weighted by Gasteiger charge is -2.53. The molecule has 0 saturated carbocycles. The van der Waals surface area contributed by atoms with E-state index in [-0.39, 0.29) is 12.3 Å². The molecule has 14 unspecified atom stereocenters. The van der Waals surface area contributed by atoms with Crippen LogP contribution in [0, 0.1) is 0 Å². The fourth-order valence-electron chi connectivity index (χ4n) is 17.1. The van der Waals surface area contributed by atoms with E-state index in [9.17, 15) is 112 Å². The van der Waals surface area contributed by atoms with Crippen LogP contribution in [-0.2, 0) is 75.9 Å². The topological polar surface area (TPSA) is 592 Å². The van der Waals surface area contributed by atoms with Crippen LogP contribution in [0.3, 0.4) is 0 Å². The molecule has 7 saturated heterocycles. The SMILES string of the molecule is CCCCCCCC/C=C\CCCCCCCCCCCCCCCC(=O)N[C@@H](CO[C@@H]1OC(CO)[C@@H](O[C@@H]2OC(CO)[C@H](O)[C@H](O[C@@H]3OC(CO)[C@@H](O[C@H]4OC(C)[C@@H](O)C(O)[C@@H]4O)[C@H](O[C@@H]4OC(CO)[C@H](O)[C@H](O[C@H]5OC(CO)[C@H](O)[C@H](O)C5O)C4O[C@H]4OC(C)[C@@H](O)C(O)[C@@H]4O)C3NC(C)=O)C2O)[C@H](O)C1O)[C@H](O)/C=C/CCCCCCCCCCCCC. The Bertz CT molecular complexity index is 2960. The van der Waals surface area contributed by atoms with Gasteiger partial charge in [0.1, 0.15) is 159 Å². The molecular weight excluding hydrogens is 1660 g/mol. The summed E-state index contributed by atoms with van der Waals surface area (Å²) in [5, 5.41) is 231. The van der Waals surface area contributed by atoms with Gasteiger partial charge in [-0.1, -0.05) is 205 Å². The maximum atomic E-state index is 13.8. The van der Waals surface area contributed by atoms with Crippen molar-refractivity contribution in [2.75, 3.05) is 39.6 Å². The van der Waals surface area contributed by atoms with E-state index in [2.05, 4.69) is 36.6 Å². The van der Waals surface area contributed by atoms with Crippen LogP contribution >= 0.6 is 0 Å². The number of carbonyl (C=O) groups excluding carboxylic acids is 2. The van der Waals surface area contributed by atoms with Crippen molar-refractivity contribution in [2.24, 2.45) is 0 Å². The van der Waals surface area contributed by atoms with Crippen molar-refractivity contribution >= 4 is 11.8 Å². The molecule has 7 aliphatic rings. The minimum absolute atomic E-state index is 0.148. The molecule has 2 amide bonds. The van der Waals surface area contributed by atoms with Crippen molar-refractivity contribution in [3.63, 3.8) is 0 Å². The number of aliphatic hydroxyl groups excluding tert-OH is 20. The van der Waals surface area contributed by atoms with Gasteiger partial charge in [-0.2, -0.15) is 0 Å². The number of carbonyl (C=O) groups is 2. The lowest BCUT2D eigenvalue weighted by Crippen LogP contribution is -2.72. The molecule has 38 nitrogen and oxygen atoms in total. The Balaban J connectivity index is 1.05. The predicted molar refractivity (Wildman–Crippen MR) is 449 cm³/mol. The van der Waals surface area contributed by atoms with Crippen LogP contribution in [0.5, 0.6) is 0 Å². The van der Waals surface area contributed by atoms with Crippen molar-refractivity contribution in [2.45, 2.75) is 480 Å². The average molecular weight is 1820 g/mol. The Morgan fingerprint density at radius 3 is 1.13 bits per heavy atom. The van der Waals surface area contributed by atoms with Gasteiger partial charge in [0.25, 0.3) is 0 Å². The summed E-state index contributed by atoms with van der Waals surface area (Å²) >= 11 is 0. The smallest absolute Gasteiger partial charge is 0.220 e. The third-order valence-corrected chi connectivity index (χ3v) is 25.0. The van der Waals surface area contributed by atoms with Crippen molar-refractivity contribution in [1.29, 1.82) is 0 Å². The first kappa shape index (κ1) is 110. The number of aliphatic hydroxyl groups is 20. The second-order valence-corrected chi connectivity index (χ2v) is 35.2. The van der Waals surface area contributed by atoms with Gasteiger partial charge in [0.2, 0.25) is 11.8 Å². The number of allylic oxidation sites excluding steroid dienone is 3. The van der Waals surface area contributed by atoms with E-state index >= 15 is 0 Å². The molecule has 7 rings (SSSR count). The molecule has 38 heteroatoms. The zero-order chi connectivity index (χ0) is 91.9. The van der Waals surface area contributed by atoms with E-state index in [1.54, 1.807) is 6.08 Å². The van der Waals surface area contributed by atoms with Gasteiger partial charge in [0.15, 0.2) is 44.0 Å². The van der Waals surface area contributed by atoms with Gasteiger partial charge < -0.3 is 179 Å². The highest BCUT2D eigenvalue weighted by molar-refractivity contribution is 5.76. The number of nitrogens with one attached hydrogen (secondary N) is 2. The summed E-state index contributed by atoms with van der Waals surface area (Å²) in [6.07, 6.45) is -22.8. The summed E-state index contributed by atoms with van der Waals surface area (Å²) in [7, 11) is 0. The van der Waals surface area contributed by atoms with Gasteiger partial charge in [0.05, 0.1) is 64.0 Å². The first-order valence-electron chi connectivity index (χ1n) is 46.9. The molecule has 0 spiro atoms. The molecule has 37 atom stereocenters. The minimum Gasteiger partial charge on any atom is -0.394 e. The largest absolute Gasteiger partial charge is 0.394 e. The normalized spacial score (nSPS) is 38.2. The van der Waals surface area contributed by atoms with E-state index in [0.717, 1.165) is 64.7 Å². The van der Waals surface area contributed by atoms with E-state index < -0.39 is 273 Å². The van der Waals surface area contributed by atoms with Crippen molar-refractivity contribution in [3.05, 3.63) is 24.3 Å². The molecule has 736 valence electrons. The third-order valence-electron chi connectivity index (χ3n) is 25.0. The van der Waals surface area contributed by atoms with Crippen LogP contribution in [0.2, 0.25) is 0 Å². The number of amides is 2. The van der Waals surface area contributed by atoms with E-state index in [0.29, 0.717) is 12.8 Å². The zero-order valence-corrected chi connectivity index (χ0v) is 74.4. The molecule has 126 heavy (non-hydrogen) atoms. The monoisotopic (exact) mass is 1820 g/mol. The van der Waals surface area contributed by atoms with Crippen molar-refractivity contribution in [3.8, 4) is 0 Å². The summed E-state index contributed by atoms with van der Waals surface area (Å²) in [6, 6.07) is -3.15. The van der Waals surface area contributed by atoms with Crippen LogP contribution in [0.15, 0.2) is 24.3 Å². The van der Waals surface area contributed by atoms with Gasteiger partial charge in [-0.15, -0.1) is 0 Å². The predicted octanol–water partition coefficient (Wildman–Crippen LogP) is 0.208. The van der Waals surface area contributed by atoms with Crippen molar-refractivity contribution in [1.82, 2.24) is 10.6 Å². The Hall–Kier alpha value is -2.94. The minimum atomic E-state index is -2.33. The lowest BCUT2D eigenvalue weighted by atomic mass is 9.93. The molecule has 0 aliphatic carbocycles. The number of hydrogen-bond donors (Lipinski definition) is 22. The molecule has 0 aromatic carbocycles. The second kappa shape index (κ2) is 59.0. The first-order chi connectivity index (χ1) is 60.6. The molecule has 7 heterocycles. The highest BCUT2D eigenvalue weighted by Crippen LogP contribution is 2.41. The molecule has 7 fully saturated rings. The maximum absolute atomic E-state index is 13.8. The number of rotatable bonds is 59. The van der Waals surface area contributed by atoms with Crippen molar-refractivity contribution < 1.29 is 178 Å². The molecular formula is C88H158N2O36. The van der Waals surface area contributed by atoms with Gasteiger partial charge in [-0.25, -0.2) is 0 Å². The summed E-state index contributed by atoms with van der Waals surface area (Å²) in [5.74, 6) is -1.34. The molecule has 0 bridgehead atoms. The van der Waals surface area contributed by atoms with E-state index in [1.807, 2.05) is 6.08 Å². The van der Waals surface area contributed by atoms with Crippen LogP contribution < -0.4 is 10.6 Å². The summed E-state index contributed by atoms with van der Waals surface area (Å²) in [5.41, 5.74) is 0. The highest BCUT2D eigenvalue weighted by atomic mass is 16.8. The average Bonchev–Trinajstić information content (AvgIpc) is 0.757. The number of hydrogen-bond acceptors (Lipinski definition) is 36. The van der Waals surface area contributed by atoms with Gasteiger partial charge >= 0.3 is 0 Å². The van der Waals surface area contributed by atoms with E-state index in [1.165, 1.54) is 155 Å². The highest BCUT2D eigenvalue weighted by Gasteiger charge is 2.61.